The average Bonchev–Trinajstić information content (AvgIpc) is 2.97. The first kappa shape index (κ1) is 14.1. The van der Waals surface area contributed by atoms with Gasteiger partial charge in [0.2, 0.25) is 5.82 Å². The molecule has 21 heavy (non-hydrogen) atoms. The predicted octanol–water partition coefficient (Wildman–Crippen LogP) is 4.83. The lowest BCUT2D eigenvalue weighted by molar-refractivity contribution is 0.413. The summed E-state index contributed by atoms with van der Waals surface area (Å²) in [6.45, 7) is 0. The van der Waals surface area contributed by atoms with E-state index in [1.54, 1.807) is 25.3 Å². The topological polar surface area (TPSA) is 48.2 Å². The van der Waals surface area contributed by atoms with Crippen LogP contribution in [0.5, 0.6) is 5.75 Å². The number of hydrogen-bond acceptors (Lipinski definition) is 4. The van der Waals surface area contributed by atoms with Gasteiger partial charge in [-0.1, -0.05) is 28.9 Å². The summed E-state index contributed by atoms with van der Waals surface area (Å²) in [5.74, 6) is 1.50. The third kappa shape index (κ3) is 2.80. The normalized spacial score (nSPS) is 10.6. The summed E-state index contributed by atoms with van der Waals surface area (Å²) in [6.07, 6.45) is 0. The van der Waals surface area contributed by atoms with E-state index in [1.807, 2.05) is 24.3 Å². The minimum atomic E-state index is 0.430. The van der Waals surface area contributed by atoms with Crippen LogP contribution in [-0.2, 0) is 0 Å². The SMILES string of the molecule is COc1ccc(Cl)cc1-c1noc(-c2ccccc2Br)n1. The second-order valence-corrected chi connectivity index (χ2v) is 5.54. The summed E-state index contributed by atoms with van der Waals surface area (Å²) in [6, 6.07) is 12.9. The summed E-state index contributed by atoms with van der Waals surface area (Å²) in [5.41, 5.74) is 1.52. The highest BCUT2D eigenvalue weighted by atomic mass is 79.9. The Kier molecular flexibility index (Phi) is 3.94. The maximum Gasteiger partial charge on any atom is 0.259 e. The van der Waals surface area contributed by atoms with Crippen molar-refractivity contribution < 1.29 is 9.26 Å². The molecule has 0 amide bonds. The highest BCUT2D eigenvalue weighted by molar-refractivity contribution is 9.10. The van der Waals surface area contributed by atoms with Crippen molar-refractivity contribution in [3.63, 3.8) is 0 Å². The van der Waals surface area contributed by atoms with Gasteiger partial charge in [0.25, 0.3) is 5.89 Å². The van der Waals surface area contributed by atoms with Gasteiger partial charge in [0.05, 0.1) is 18.2 Å². The van der Waals surface area contributed by atoms with Crippen LogP contribution in [0.15, 0.2) is 51.5 Å². The molecule has 0 aliphatic carbocycles. The van der Waals surface area contributed by atoms with Gasteiger partial charge in [-0.2, -0.15) is 4.98 Å². The number of aromatic nitrogens is 2. The molecule has 0 aliphatic heterocycles. The van der Waals surface area contributed by atoms with E-state index >= 15 is 0 Å². The Bertz CT molecular complexity index is 789. The van der Waals surface area contributed by atoms with Crippen molar-refractivity contribution in [2.24, 2.45) is 0 Å². The molecule has 0 saturated heterocycles. The molecule has 0 radical (unpaired) electrons. The molecule has 0 aliphatic rings. The quantitative estimate of drug-likeness (QED) is 0.667. The van der Waals surface area contributed by atoms with Crippen LogP contribution in [0.3, 0.4) is 0 Å². The molecule has 3 rings (SSSR count). The molecule has 2 aromatic carbocycles. The molecule has 0 fully saturated rings. The van der Waals surface area contributed by atoms with Gasteiger partial charge < -0.3 is 9.26 Å². The van der Waals surface area contributed by atoms with E-state index in [4.69, 9.17) is 20.9 Å². The second kappa shape index (κ2) is 5.87. The third-order valence-corrected chi connectivity index (χ3v) is 3.86. The molecular formula is C15H10BrClN2O2. The van der Waals surface area contributed by atoms with Gasteiger partial charge in [0.1, 0.15) is 5.75 Å². The molecule has 0 N–H and O–H groups in total. The van der Waals surface area contributed by atoms with Crippen LogP contribution in [0.4, 0.5) is 0 Å². The number of benzene rings is 2. The number of halogens is 2. The molecule has 3 aromatic rings. The van der Waals surface area contributed by atoms with Crippen molar-refractivity contribution in [1.82, 2.24) is 10.1 Å². The van der Waals surface area contributed by atoms with Crippen molar-refractivity contribution in [1.29, 1.82) is 0 Å². The standard InChI is InChI=1S/C15H10BrClN2O2/c1-20-13-7-6-9(17)8-11(13)14-18-15(21-19-14)10-4-2-3-5-12(10)16/h2-8H,1H3. The molecule has 4 nitrogen and oxygen atoms in total. The summed E-state index contributed by atoms with van der Waals surface area (Å²) < 4.78 is 11.5. The van der Waals surface area contributed by atoms with Gasteiger partial charge >= 0.3 is 0 Å². The molecular weight excluding hydrogens is 356 g/mol. The number of nitrogens with zero attached hydrogens (tertiary/aromatic N) is 2. The molecule has 0 spiro atoms. The highest BCUT2D eigenvalue weighted by Crippen LogP contribution is 2.33. The lowest BCUT2D eigenvalue weighted by Gasteiger charge is -2.04. The van der Waals surface area contributed by atoms with Gasteiger partial charge in [0.15, 0.2) is 0 Å². The van der Waals surface area contributed by atoms with Crippen molar-refractivity contribution in [2.45, 2.75) is 0 Å². The van der Waals surface area contributed by atoms with E-state index in [9.17, 15) is 0 Å². The van der Waals surface area contributed by atoms with E-state index in [2.05, 4.69) is 26.1 Å². The zero-order valence-electron chi connectivity index (χ0n) is 11.0. The number of methoxy groups -OCH3 is 1. The van der Waals surface area contributed by atoms with Crippen LogP contribution in [-0.4, -0.2) is 17.3 Å². The minimum Gasteiger partial charge on any atom is -0.496 e. The first-order valence-corrected chi connectivity index (χ1v) is 7.28. The second-order valence-electron chi connectivity index (χ2n) is 4.25. The van der Waals surface area contributed by atoms with Crippen molar-refractivity contribution >= 4 is 27.5 Å². The van der Waals surface area contributed by atoms with Crippen molar-refractivity contribution in [2.75, 3.05) is 7.11 Å². The summed E-state index contributed by atoms with van der Waals surface area (Å²) in [4.78, 5) is 4.41. The summed E-state index contributed by atoms with van der Waals surface area (Å²) in [7, 11) is 1.58. The van der Waals surface area contributed by atoms with Crippen LogP contribution >= 0.6 is 27.5 Å². The first-order chi connectivity index (χ1) is 10.2. The van der Waals surface area contributed by atoms with Crippen LogP contribution in [0.2, 0.25) is 5.02 Å². The Labute approximate surface area is 134 Å². The molecule has 0 unspecified atom stereocenters. The zero-order valence-corrected chi connectivity index (χ0v) is 13.4. The smallest absolute Gasteiger partial charge is 0.259 e. The van der Waals surface area contributed by atoms with Crippen LogP contribution in [0.25, 0.3) is 22.8 Å². The molecule has 0 bridgehead atoms. The van der Waals surface area contributed by atoms with Gasteiger partial charge in [-0.15, -0.1) is 0 Å². The van der Waals surface area contributed by atoms with E-state index < -0.39 is 0 Å². The monoisotopic (exact) mass is 364 g/mol. The Morgan fingerprint density at radius 2 is 1.95 bits per heavy atom. The van der Waals surface area contributed by atoms with E-state index in [1.165, 1.54) is 0 Å². The molecule has 1 heterocycles. The number of rotatable bonds is 3. The largest absolute Gasteiger partial charge is 0.496 e. The number of ether oxygens (including phenoxy) is 1. The van der Waals surface area contributed by atoms with E-state index in [0.717, 1.165) is 10.0 Å². The van der Waals surface area contributed by atoms with Gasteiger partial charge in [-0.3, -0.25) is 0 Å². The summed E-state index contributed by atoms with van der Waals surface area (Å²) >= 11 is 9.49. The number of hydrogen-bond donors (Lipinski definition) is 0. The Hall–Kier alpha value is -1.85. The fourth-order valence-corrected chi connectivity index (χ4v) is 2.56. The zero-order chi connectivity index (χ0) is 14.8. The molecule has 1 aromatic heterocycles. The van der Waals surface area contributed by atoms with Gasteiger partial charge in [-0.05, 0) is 46.3 Å². The molecule has 106 valence electrons. The molecule has 6 heteroatoms. The Morgan fingerprint density at radius 3 is 2.71 bits per heavy atom. The highest BCUT2D eigenvalue weighted by Gasteiger charge is 2.16. The van der Waals surface area contributed by atoms with Crippen LogP contribution in [0, 0.1) is 0 Å². The maximum absolute atomic E-state index is 6.02. The fraction of sp³-hybridized carbons (Fsp3) is 0.0667. The average molecular weight is 366 g/mol. The lowest BCUT2D eigenvalue weighted by atomic mass is 10.2. The minimum absolute atomic E-state index is 0.430. The lowest BCUT2D eigenvalue weighted by Crippen LogP contribution is -1.89. The van der Waals surface area contributed by atoms with Gasteiger partial charge in [0, 0.05) is 9.50 Å². The van der Waals surface area contributed by atoms with Crippen LogP contribution < -0.4 is 4.74 Å². The summed E-state index contributed by atoms with van der Waals surface area (Å²) in [5, 5.41) is 4.59. The fourth-order valence-electron chi connectivity index (χ4n) is 1.93. The maximum atomic E-state index is 6.02. The third-order valence-electron chi connectivity index (χ3n) is 2.93. The Morgan fingerprint density at radius 1 is 1.14 bits per heavy atom. The van der Waals surface area contributed by atoms with Crippen molar-refractivity contribution in [3.05, 3.63) is 52.0 Å². The van der Waals surface area contributed by atoms with E-state index in [0.29, 0.717) is 28.1 Å². The van der Waals surface area contributed by atoms with E-state index in [-0.39, 0.29) is 0 Å². The first-order valence-electron chi connectivity index (χ1n) is 6.11. The van der Waals surface area contributed by atoms with Gasteiger partial charge in [-0.25, -0.2) is 0 Å². The van der Waals surface area contributed by atoms with Crippen molar-refractivity contribution in [3.8, 4) is 28.6 Å². The predicted molar refractivity (Wildman–Crippen MR) is 84.4 cm³/mol. The van der Waals surface area contributed by atoms with Crippen LogP contribution in [0.1, 0.15) is 0 Å². The molecule has 0 saturated carbocycles. The molecule has 0 atom stereocenters. The Balaban J connectivity index is 2.07.